The number of amides is 1. The summed E-state index contributed by atoms with van der Waals surface area (Å²) in [7, 11) is 1.37. The molecule has 0 spiro atoms. The third-order valence-electron chi connectivity index (χ3n) is 2.49. The fourth-order valence-corrected chi connectivity index (χ4v) is 2.19. The van der Waals surface area contributed by atoms with Crippen LogP contribution in [0.2, 0.25) is 0 Å². The van der Waals surface area contributed by atoms with E-state index in [4.69, 9.17) is 0 Å². The maximum absolute atomic E-state index is 11.3. The first-order chi connectivity index (χ1) is 8.92. The van der Waals surface area contributed by atoms with E-state index in [-0.39, 0.29) is 24.5 Å². The van der Waals surface area contributed by atoms with Crippen molar-refractivity contribution in [2.75, 3.05) is 19.0 Å². The van der Waals surface area contributed by atoms with Gasteiger partial charge in [0.05, 0.1) is 19.3 Å². The van der Waals surface area contributed by atoms with Crippen molar-refractivity contribution < 1.29 is 14.3 Å². The van der Waals surface area contributed by atoms with Crippen LogP contribution in [0, 0.1) is 0 Å². The van der Waals surface area contributed by atoms with E-state index in [1.807, 2.05) is 24.1 Å². The molecule has 0 aliphatic heterocycles. The summed E-state index contributed by atoms with van der Waals surface area (Å²) in [6.45, 7) is 6.22. The molecule has 0 atom stereocenters. The van der Waals surface area contributed by atoms with Crippen LogP contribution in [-0.2, 0) is 20.9 Å². The predicted octanol–water partition coefficient (Wildman–Crippen LogP) is 1.48. The number of carbonyl (C=O) groups is 2. The average molecular weight is 285 g/mol. The molecule has 1 N–H and O–H groups in total. The summed E-state index contributed by atoms with van der Waals surface area (Å²) in [5.41, 5.74) is 0.825. The lowest BCUT2D eigenvalue weighted by Gasteiger charge is -2.24. The molecular formula is C12H19N3O3S. The molecule has 0 unspecified atom stereocenters. The number of methoxy groups -OCH3 is 1. The number of hydrogen-bond acceptors (Lipinski definition) is 6. The zero-order valence-electron chi connectivity index (χ0n) is 11.6. The standard InChI is InChI=1S/C12H19N3O3S/c1-8(2)15(6-11(17)18-4)5-10-7-19-12(14-10)13-9(3)16/h7-8H,5-6H2,1-4H3,(H,13,14,16). The second-order valence-corrected chi connectivity index (χ2v) is 5.26. The first-order valence-electron chi connectivity index (χ1n) is 5.95. The Hall–Kier alpha value is -1.47. The number of anilines is 1. The van der Waals surface area contributed by atoms with Crippen LogP contribution >= 0.6 is 11.3 Å². The van der Waals surface area contributed by atoms with Gasteiger partial charge in [0.2, 0.25) is 5.91 Å². The number of thiazole rings is 1. The highest BCUT2D eigenvalue weighted by Gasteiger charge is 2.16. The van der Waals surface area contributed by atoms with Gasteiger partial charge in [0, 0.05) is 24.9 Å². The van der Waals surface area contributed by atoms with Crippen molar-refractivity contribution >= 4 is 28.3 Å². The first-order valence-corrected chi connectivity index (χ1v) is 6.83. The Morgan fingerprint density at radius 1 is 1.53 bits per heavy atom. The van der Waals surface area contributed by atoms with Gasteiger partial charge in [-0.1, -0.05) is 0 Å². The van der Waals surface area contributed by atoms with E-state index >= 15 is 0 Å². The Balaban J connectivity index is 2.65. The number of ether oxygens (including phenoxy) is 1. The number of nitrogens with zero attached hydrogens (tertiary/aromatic N) is 2. The molecule has 1 heterocycles. The third-order valence-corrected chi connectivity index (χ3v) is 3.30. The smallest absolute Gasteiger partial charge is 0.319 e. The summed E-state index contributed by atoms with van der Waals surface area (Å²) in [5, 5.41) is 5.08. The van der Waals surface area contributed by atoms with Crippen molar-refractivity contribution in [1.29, 1.82) is 0 Å². The van der Waals surface area contributed by atoms with Gasteiger partial charge in [-0.25, -0.2) is 4.98 Å². The summed E-state index contributed by atoms with van der Waals surface area (Å²) in [6.07, 6.45) is 0. The van der Waals surface area contributed by atoms with E-state index in [1.54, 1.807) is 0 Å². The zero-order valence-corrected chi connectivity index (χ0v) is 12.4. The van der Waals surface area contributed by atoms with E-state index in [1.165, 1.54) is 25.4 Å². The van der Waals surface area contributed by atoms with Crippen LogP contribution in [0.4, 0.5) is 5.13 Å². The van der Waals surface area contributed by atoms with E-state index in [0.717, 1.165) is 5.69 Å². The summed E-state index contributed by atoms with van der Waals surface area (Å²) >= 11 is 1.37. The lowest BCUT2D eigenvalue weighted by atomic mass is 10.3. The molecule has 0 aliphatic carbocycles. The molecule has 0 aromatic carbocycles. The second-order valence-electron chi connectivity index (χ2n) is 4.40. The van der Waals surface area contributed by atoms with Crippen LogP contribution in [0.15, 0.2) is 5.38 Å². The fourth-order valence-electron chi connectivity index (χ4n) is 1.45. The Labute approximate surface area is 116 Å². The minimum absolute atomic E-state index is 0.142. The quantitative estimate of drug-likeness (QED) is 0.802. The second kappa shape index (κ2) is 7.20. The van der Waals surface area contributed by atoms with Crippen LogP contribution in [0.3, 0.4) is 0 Å². The number of rotatable bonds is 6. The summed E-state index contributed by atoms with van der Waals surface area (Å²) in [5.74, 6) is -0.415. The van der Waals surface area contributed by atoms with Crippen molar-refractivity contribution in [3.05, 3.63) is 11.1 Å². The molecule has 6 nitrogen and oxygen atoms in total. The monoisotopic (exact) mass is 285 g/mol. The van der Waals surface area contributed by atoms with Crippen LogP contribution in [0.1, 0.15) is 26.5 Å². The summed E-state index contributed by atoms with van der Waals surface area (Å²) < 4.78 is 4.67. The SMILES string of the molecule is COC(=O)CN(Cc1csc(NC(C)=O)n1)C(C)C. The van der Waals surface area contributed by atoms with Gasteiger partial charge in [-0.15, -0.1) is 11.3 Å². The minimum Gasteiger partial charge on any atom is -0.468 e. The van der Waals surface area contributed by atoms with E-state index < -0.39 is 0 Å². The Kier molecular flexibility index (Phi) is 5.91. The molecule has 1 aromatic heterocycles. The van der Waals surface area contributed by atoms with Crippen LogP contribution in [0.25, 0.3) is 0 Å². The Morgan fingerprint density at radius 3 is 2.74 bits per heavy atom. The minimum atomic E-state index is -0.272. The van der Waals surface area contributed by atoms with Gasteiger partial charge in [0.15, 0.2) is 5.13 Å². The van der Waals surface area contributed by atoms with Gasteiger partial charge in [0.25, 0.3) is 0 Å². The Morgan fingerprint density at radius 2 is 2.21 bits per heavy atom. The van der Waals surface area contributed by atoms with E-state index in [0.29, 0.717) is 11.7 Å². The molecule has 0 aliphatic rings. The Bertz CT molecular complexity index is 445. The van der Waals surface area contributed by atoms with Crippen molar-refractivity contribution in [2.45, 2.75) is 33.4 Å². The van der Waals surface area contributed by atoms with Gasteiger partial charge in [-0.05, 0) is 13.8 Å². The molecule has 0 saturated carbocycles. The normalized spacial score (nSPS) is 10.8. The average Bonchev–Trinajstić information content (AvgIpc) is 2.74. The van der Waals surface area contributed by atoms with E-state index in [9.17, 15) is 9.59 Å². The highest BCUT2D eigenvalue weighted by Crippen LogP contribution is 2.17. The summed E-state index contributed by atoms with van der Waals surface area (Å²) in [4.78, 5) is 28.5. The topological polar surface area (TPSA) is 71.5 Å². The molecule has 1 amide bonds. The molecule has 0 fully saturated rings. The first kappa shape index (κ1) is 15.6. The van der Waals surface area contributed by atoms with Crippen LogP contribution in [0.5, 0.6) is 0 Å². The van der Waals surface area contributed by atoms with Crippen LogP contribution in [-0.4, -0.2) is 41.5 Å². The number of carbonyl (C=O) groups excluding carboxylic acids is 2. The van der Waals surface area contributed by atoms with Gasteiger partial charge >= 0.3 is 5.97 Å². The van der Waals surface area contributed by atoms with Gasteiger partial charge in [-0.3, -0.25) is 14.5 Å². The lowest BCUT2D eigenvalue weighted by molar-refractivity contribution is -0.142. The molecule has 106 valence electrons. The highest BCUT2D eigenvalue weighted by atomic mass is 32.1. The molecule has 1 aromatic rings. The van der Waals surface area contributed by atoms with Crippen molar-refractivity contribution in [2.24, 2.45) is 0 Å². The van der Waals surface area contributed by atoms with E-state index in [2.05, 4.69) is 15.0 Å². The van der Waals surface area contributed by atoms with Crippen molar-refractivity contribution in [3.8, 4) is 0 Å². The number of esters is 1. The molecule has 0 radical (unpaired) electrons. The molecule has 1 rings (SSSR count). The maximum atomic E-state index is 11.3. The van der Waals surface area contributed by atoms with Gasteiger partial charge in [0.1, 0.15) is 0 Å². The lowest BCUT2D eigenvalue weighted by Crippen LogP contribution is -2.35. The number of nitrogens with one attached hydrogen (secondary N) is 1. The molecule has 7 heteroatoms. The third kappa shape index (κ3) is 5.35. The largest absolute Gasteiger partial charge is 0.468 e. The maximum Gasteiger partial charge on any atom is 0.319 e. The molecular weight excluding hydrogens is 266 g/mol. The molecule has 0 saturated heterocycles. The van der Waals surface area contributed by atoms with Crippen molar-refractivity contribution in [3.63, 3.8) is 0 Å². The zero-order chi connectivity index (χ0) is 14.4. The number of hydrogen-bond donors (Lipinski definition) is 1. The number of aromatic nitrogens is 1. The van der Waals surface area contributed by atoms with Gasteiger partial charge in [-0.2, -0.15) is 0 Å². The molecule has 0 bridgehead atoms. The fraction of sp³-hybridized carbons (Fsp3) is 0.583. The summed E-state index contributed by atoms with van der Waals surface area (Å²) in [6, 6.07) is 0.199. The molecule has 19 heavy (non-hydrogen) atoms. The van der Waals surface area contributed by atoms with Crippen molar-refractivity contribution in [1.82, 2.24) is 9.88 Å². The highest BCUT2D eigenvalue weighted by molar-refractivity contribution is 7.13. The van der Waals surface area contributed by atoms with Crippen LogP contribution < -0.4 is 5.32 Å². The predicted molar refractivity (Wildman–Crippen MR) is 74.0 cm³/mol. The van der Waals surface area contributed by atoms with Gasteiger partial charge < -0.3 is 10.1 Å².